The molecule has 1 heterocycles. The maximum absolute atomic E-state index is 12.6. The summed E-state index contributed by atoms with van der Waals surface area (Å²) < 4.78 is 1.63. The van der Waals surface area contributed by atoms with Gasteiger partial charge in [-0.15, -0.1) is 0 Å². The van der Waals surface area contributed by atoms with Crippen LogP contribution in [0.4, 0.5) is 0 Å². The molecule has 0 atom stereocenters. The van der Waals surface area contributed by atoms with E-state index in [1.807, 2.05) is 62.9 Å². The van der Waals surface area contributed by atoms with E-state index in [2.05, 4.69) is 4.98 Å². The fourth-order valence-corrected chi connectivity index (χ4v) is 2.63. The topological polar surface area (TPSA) is 58.1 Å². The van der Waals surface area contributed by atoms with Crippen LogP contribution in [0.5, 0.6) is 0 Å². The number of imidazole rings is 1. The summed E-state index contributed by atoms with van der Waals surface area (Å²) in [5, 5.41) is 0. The van der Waals surface area contributed by atoms with E-state index in [1.54, 1.807) is 4.57 Å². The third-order valence-electron chi connectivity index (χ3n) is 4.18. The van der Waals surface area contributed by atoms with Gasteiger partial charge in [0, 0.05) is 36.9 Å². The largest absolute Gasteiger partial charge is 0.336 e. The Hall–Kier alpha value is -2.30. The van der Waals surface area contributed by atoms with Crippen molar-refractivity contribution >= 4 is 5.91 Å². The number of carbonyl (C=O) groups excluding carboxylic acids is 1. The molecule has 2 rings (SSSR count). The van der Waals surface area contributed by atoms with Gasteiger partial charge in [-0.3, -0.25) is 9.36 Å². The summed E-state index contributed by atoms with van der Waals surface area (Å²) in [5.74, 6) is 0.0639. The number of benzene rings is 1. The van der Waals surface area contributed by atoms with Gasteiger partial charge in [0.1, 0.15) is 0 Å². The minimum Gasteiger partial charge on any atom is -0.336 e. The van der Waals surface area contributed by atoms with Crippen LogP contribution in [0.1, 0.15) is 37.2 Å². The summed E-state index contributed by atoms with van der Waals surface area (Å²) in [6.07, 6.45) is 0.322. The molecule has 23 heavy (non-hydrogen) atoms. The smallest absolute Gasteiger partial charge is 0.325 e. The molecular weight excluding hydrogens is 290 g/mol. The van der Waals surface area contributed by atoms with Crippen molar-refractivity contribution in [2.45, 2.75) is 53.2 Å². The van der Waals surface area contributed by atoms with Gasteiger partial charge in [-0.2, -0.15) is 0 Å². The predicted octanol–water partition coefficient (Wildman–Crippen LogP) is 2.62. The van der Waals surface area contributed by atoms with Crippen molar-refractivity contribution in [2.75, 3.05) is 0 Å². The quantitative estimate of drug-likeness (QED) is 0.891. The molecule has 0 saturated heterocycles. The molecule has 0 aliphatic heterocycles. The Bertz CT molecular complexity index is 714. The first-order chi connectivity index (χ1) is 10.9. The highest BCUT2D eigenvalue weighted by molar-refractivity contribution is 5.76. The van der Waals surface area contributed by atoms with Crippen molar-refractivity contribution in [3.05, 3.63) is 57.8 Å². The van der Waals surface area contributed by atoms with Crippen LogP contribution in [0.25, 0.3) is 0 Å². The van der Waals surface area contributed by atoms with Gasteiger partial charge in [0.25, 0.3) is 0 Å². The number of carbonyl (C=O) groups is 1. The van der Waals surface area contributed by atoms with Crippen LogP contribution in [-0.2, 0) is 17.9 Å². The number of rotatable bonds is 6. The second-order valence-corrected chi connectivity index (χ2v) is 6.14. The summed E-state index contributed by atoms with van der Waals surface area (Å²) in [5.41, 5.74) is 2.71. The van der Waals surface area contributed by atoms with Gasteiger partial charge in [-0.25, -0.2) is 4.79 Å². The van der Waals surface area contributed by atoms with E-state index >= 15 is 0 Å². The lowest BCUT2D eigenvalue weighted by Gasteiger charge is -2.27. The molecule has 0 radical (unpaired) electrons. The first-order valence-electron chi connectivity index (χ1n) is 7.99. The number of aromatic amines is 1. The Kier molecular flexibility index (Phi) is 5.42. The molecule has 0 spiro atoms. The zero-order valence-electron chi connectivity index (χ0n) is 14.3. The van der Waals surface area contributed by atoms with Crippen LogP contribution < -0.4 is 5.69 Å². The monoisotopic (exact) mass is 315 g/mol. The van der Waals surface area contributed by atoms with Crippen LogP contribution in [0, 0.1) is 13.8 Å². The van der Waals surface area contributed by atoms with Gasteiger partial charge in [-0.05, 0) is 33.3 Å². The van der Waals surface area contributed by atoms with Crippen molar-refractivity contribution in [3.63, 3.8) is 0 Å². The van der Waals surface area contributed by atoms with E-state index in [0.29, 0.717) is 19.5 Å². The Morgan fingerprint density at radius 3 is 2.39 bits per heavy atom. The van der Waals surface area contributed by atoms with E-state index in [-0.39, 0.29) is 17.6 Å². The van der Waals surface area contributed by atoms with E-state index in [0.717, 1.165) is 17.0 Å². The molecule has 0 aliphatic rings. The lowest BCUT2D eigenvalue weighted by Crippen LogP contribution is -2.37. The van der Waals surface area contributed by atoms with Crippen molar-refractivity contribution < 1.29 is 4.79 Å². The first kappa shape index (κ1) is 17.1. The maximum atomic E-state index is 12.6. The number of nitrogens with zero attached hydrogens (tertiary/aromatic N) is 2. The number of aromatic nitrogens is 2. The summed E-state index contributed by atoms with van der Waals surface area (Å²) in [6, 6.07) is 10.1. The highest BCUT2D eigenvalue weighted by Gasteiger charge is 2.18. The second-order valence-electron chi connectivity index (χ2n) is 6.14. The third kappa shape index (κ3) is 4.12. The van der Waals surface area contributed by atoms with Gasteiger partial charge < -0.3 is 9.88 Å². The molecule has 2 aromatic rings. The molecular formula is C18H25N3O2. The van der Waals surface area contributed by atoms with Crippen LogP contribution in [0.15, 0.2) is 35.1 Å². The molecule has 0 saturated carbocycles. The van der Waals surface area contributed by atoms with Gasteiger partial charge in [-0.1, -0.05) is 30.3 Å². The van der Waals surface area contributed by atoms with Crippen LogP contribution >= 0.6 is 0 Å². The normalized spacial score (nSPS) is 11.0. The molecule has 0 unspecified atom stereocenters. The average Bonchev–Trinajstić information content (AvgIpc) is 2.76. The number of H-pyrrole nitrogens is 1. The standard InChI is InChI=1S/C18H25N3O2/c1-13(2)21(12-16-8-6-5-7-9-16)17(22)10-11-20-15(4)14(3)19-18(20)23/h5-9,13H,10-12H2,1-4H3,(H,19,23). The number of nitrogens with one attached hydrogen (secondary N) is 1. The minimum absolute atomic E-state index is 0.0639. The van der Waals surface area contributed by atoms with Crippen LogP contribution in [-0.4, -0.2) is 26.4 Å². The number of amides is 1. The van der Waals surface area contributed by atoms with Crippen molar-refractivity contribution in [2.24, 2.45) is 0 Å². The molecule has 0 aliphatic carbocycles. The third-order valence-corrected chi connectivity index (χ3v) is 4.18. The predicted molar refractivity (Wildman–Crippen MR) is 91.3 cm³/mol. The zero-order valence-corrected chi connectivity index (χ0v) is 14.3. The SMILES string of the molecule is Cc1[nH]c(=O)n(CCC(=O)N(Cc2ccccc2)C(C)C)c1C. The van der Waals surface area contributed by atoms with E-state index in [9.17, 15) is 9.59 Å². The molecule has 1 N–H and O–H groups in total. The highest BCUT2D eigenvalue weighted by Crippen LogP contribution is 2.11. The van der Waals surface area contributed by atoms with Crippen molar-refractivity contribution in [1.29, 1.82) is 0 Å². The number of aryl methyl sites for hydroxylation is 1. The maximum Gasteiger partial charge on any atom is 0.325 e. The molecule has 0 fully saturated rings. The fourth-order valence-electron chi connectivity index (χ4n) is 2.63. The van der Waals surface area contributed by atoms with Gasteiger partial charge in [0.05, 0.1) is 0 Å². The molecule has 1 aromatic heterocycles. The minimum atomic E-state index is -0.146. The zero-order chi connectivity index (χ0) is 17.0. The number of hydrogen-bond acceptors (Lipinski definition) is 2. The average molecular weight is 315 g/mol. The van der Waals surface area contributed by atoms with Crippen molar-refractivity contribution in [3.8, 4) is 0 Å². The summed E-state index contributed by atoms with van der Waals surface area (Å²) in [7, 11) is 0. The Balaban J connectivity index is 2.05. The van der Waals surface area contributed by atoms with Gasteiger partial charge >= 0.3 is 5.69 Å². The lowest BCUT2D eigenvalue weighted by atomic mass is 10.1. The molecule has 0 bridgehead atoms. The molecule has 5 nitrogen and oxygen atoms in total. The molecule has 5 heteroatoms. The molecule has 124 valence electrons. The highest BCUT2D eigenvalue weighted by atomic mass is 16.2. The van der Waals surface area contributed by atoms with E-state index < -0.39 is 0 Å². The van der Waals surface area contributed by atoms with E-state index in [4.69, 9.17) is 0 Å². The van der Waals surface area contributed by atoms with E-state index in [1.165, 1.54) is 0 Å². The Morgan fingerprint density at radius 1 is 1.22 bits per heavy atom. The fraction of sp³-hybridized carbons (Fsp3) is 0.444. The summed E-state index contributed by atoms with van der Waals surface area (Å²) in [4.78, 5) is 29.1. The van der Waals surface area contributed by atoms with Crippen LogP contribution in [0.2, 0.25) is 0 Å². The summed E-state index contributed by atoms with van der Waals surface area (Å²) >= 11 is 0. The lowest BCUT2D eigenvalue weighted by molar-refractivity contribution is -0.133. The Labute approximate surface area is 136 Å². The van der Waals surface area contributed by atoms with Gasteiger partial charge in [0.2, 0.25) is 5.91 Å². The van der Waals surface area contributed by atoms with Crippen molar-refractivity contribution in [1.82, 2.24) is 14.5 Å². The molecule has 1 amide bonds. The van der Waals surface area contributed by atoms with Gasteiger partial charge in [0.15, 0.2) is 0 Å². The number of hydrogen-bond donors (Lipinski definition) is 1. The Morgan fingerprint density at radius 2 is 1.87 bits per heavy atom. The summed E-state index contributed by atoms with van der Waals surface area (Å²) in [6.45, 7) is 8.79. The van der Waals surface area contributed by atoms with Crippen LogP contribution in [0.3, 0.4) is 0 Å². The molecule has 1 aromatic carbocycles. The first-order valence-corrected chi connectivity index (χ1v) is 7.99. The second kappa shape index (κ2) is 7.31.